The van der Waals surface area contributed by atoms with Crippen LogP contribution in [0.5, 0.6) is 0 Å². The number of rotatable bonds is 5. The van der Waals surface area contributed by atoms with Crippen LogP contribution >= 0.6 is 0 Å². The third-order valence-corrected chi connectivity index (χ3v) is 5.01. The van der Waals surface area contributed by atoms with Crippen molar-refractivity contribution in [3.8, 4) is 0 Å². The van der Waals surface area contributed by atoms with Crippen LogP contribution in [0.1, 0.15) is 26.2 Å². The van der Waals surface area contributed by atoms with Crippen LogP contribution in [0.15, 0.2) is 12.7 Å². The van der Waals surface area contributed by atoms with Gasteiger partial charge in [-0.15, -0.1) is 6.58 Å². The minimum Gasteiger partial charge on any atom is -0.328 e. The molecular weight excluding hydrogens is 224 g/mol. The van der Waals surface area contributed by atoms with E-state index >= 15 is 0 Å². The minimum absolute atomic E-state index is 0.0670. The lowest BCUT2D eigenvalue weighted by Gasteiger charge is -2.33. The first kappa shape index (κ1) is 13.7. The summed E-state index contributed by atoms with van der Waals surface area (Å²) in [5.74, 6) is 0.467. The topological polar surface area (TPSA) is 63.4 Å². The quantitative estimate of drug-likeness (QED) is 0.735. The molecule has 0 aromatic carbocycles. The Morgan fingerprint density at radius 1 is 1.62 bits per heavy atom. The summed E-state index contributed by atoms with van der Waals surface area (Å²) in [6.07, 6.45) is 4.11. The van der Waals surface area contributed by atoms with E-state index in [0.717, 1.165) is 12.8 Å². The van der Waals surface area contributed by atoms with Crippen molar-refractivity contribution in [2.45, 2.75) is 32.2 Å². The van der Waals surface area contributed by atoms with E-state index in [1.54, 1.807) is 10.4 Å². The molecule has 1 rings (SSSR count). The highest BCUT2D eigenvalue weighted by molar-refractivity contribution is 7.89. The van der Waals surface area contributed by atoms with Crippen molar-refractivity contribution in [2.24, 2.45) is 11.7 Å². The van der Waals surface area contributed by atoms with Crippen molar-refractivity contribution >= 4 is 10.0 Å². The van der Waals surface area contributed by atoms with Crippen LogP contribution in [-0.2, 0) is 10.0 Å². The van der Waals surface area contributed by atoms with Gasteiger partial charge in [-0.3, -0.25) is 0 Å². The van der Waals surface area contributed by atoms with Crippen LogP contribution in [0.25, 0.3) is 0 Å². The minimum atomic E-state index is -3.11. The highest BCUT2D eigenvalue weighted by Gasteiger charge is 2.29. The third kappa shape index (κ3) is 3.57. The molecule has 5 heteroatoms. The van der Waals surface area contributed by atoms with Gasteiger partial charge in [-0.25, -0.2) is 12.7 Å². The van der Waals surface area contributed by atoms with Crippen molar-refractivity contribution in [1.29, 1.82) is 0 Å². The first-order valence-electron chi connectivity index (χ1n) is 5.81. The number of hydrogen-bond donors (Lipinski definition) is 1. The molecule has 16 heavy (non-hydrogen) atoms. The van der Waals surface area contributed by atoms with Crippen molar-refractivity contribution in [3.05, 3.63) is 12.7 Å². The molecule has 0 unspecified atom stereocenters. The second-order valence-corrected chi connectivity index (χ2v) is 6.60. The molecule has 0 aliphatic carbocycles. The Morgan fingerprint density at radius 3 is 2.88 bits per heavy atom. The summed E-state index contributed by atoms with van der Waals surface area (Å²) in [7, 11) is -3.11. The van der Waals surface area contributed by atoms with Crippen LogP contribution in [0, 0.1) is 5.92 Å². The molecule has 94 valence electrons. The van der Waals surface area contributed by atoms with Crippen LogP contribution in [0.2, 0.25) is 0 Å². The maximum Gasteiger partial charge on any atom is 0.214 e. The molecule has 0 bridgehead atoms. The van der Waals surface area contributed by atoms with E-state index in [1.165, 1.54) is 0 Å². The van der Waals surface area contributed by atoms with Crippen LogP contribution < -0.4 is 5.73 Å². The molecule has 1 aliphatic rings. The van der Waals surface area contributed by atoms with Gasteiger partial charge in [0, 0.05) is 19.1 Å². The van der Waals surface area contributed by atoms with E-state index in [2.05, 4.69) is 6.58 Å². The zero-order valence-electron chi connectivity index (χ0n) is 9.93. The molecule has 0 amide bonds. The van der Waals surface area contributed by atoms with E-state index in [9.17, 15) is 8.42 Å². The van der Waals surface area contributed by atoms with E-state index < -0.39 is 10.0 Å². The Morgan fingerprint density at radius 2 is 2.31 bits per heavy atom. The SMILES string of the molecule is C=CCCS(=O)(=O)N1CCC[C@H]([C@H](C)N)C1. The summed E-state index contributed by atoms with van der Waals surface area (Å²) in [6.45, 7) is 6.72. The maximum absolute atomic E-state index is 11.9. The van der Waals surface area contributed by atoms with Gasteiger partial charge in [-0.2, -0.15) is 0 Å². The van der Waals surface area contributed by atoms with Gasteiger partial charge in [0.25, 0.3) is 0 Å². The molecule has 0 aromatic rings. The molecule has 2 atom stereocenters. The normalized spacial score (nSPS) is 25.2. The lowest BCUT2D eigenvalue weighted by Crippen LogP contribution is -2.45. The predicted molar refractivity (Wildman–Crippen MR) is 66.5 cm³/mol. The van der Waals surface area contributed by atoms with Gasteiger partial charge in [0.1, 0.15) is 0 Å². The molecule has 4 nitrogen and oxygen atoms in total. The second kappa shape index (κ2) is 5.80. The van der Waals surface area contributed by atoms with Crippen molar-refractivity contribution < 1.29 is 8.42 Å². The fraction of sp³-hybridized carbons (Fsp3) is 0.818. The van der Waals surface area contributed by atoms with Gasteiger partial charge < -0.3 is 5.73 Å². The summed E-state index contributed by atoms with van der Waals surface area (Å²) in [5, 5.41) is 0. The molecule has 0 saturated carbocycles. The van der Waals surface area contributed by atoms with Crippen molar-refractivity contribution in [2.75, 3.05) is 18.8 Å². The molecule has 0 aromatic heterocycles. The molecule has 0 radical (unpaired) electrons. The third-order valence-electron chi connectivity index (χ3n) is 3.14. The Hall–Kier alpha value is -0.390. The molecule has 1 fully saturated rings. The summed E-state index contributed by atoms with van der Waals surface area (Å²) in [5.41, 5.74) is 5.84. The molecule has 1 saturated heterocycles. The van der Waals surface area contributed by atoms with Crippen molar-refractivity contribution in [3.63, 3.8) is 0 Å². The van der Waals surface area contributed by atoms with Gasteiger partial charge in [-0.05, 0) is 32.1 Å². The summed E-state index contributed by atoms with van der Waals surface area (Å²) in [4.78, 5) is 0. The Labute approximate surface area is 98.6 Å². The lowest BCUT2D eigenvalue weighted by molar-refractivity contribution is 0.243. The Balaban J connectivity index is 2.62. The fourth-order valence-electron chi connectivity index (χ4n) is 2.02. The number of allylic oxidation sites excluding steroid dienone is 1. The monoisotopic (exact) mass is 246 g/mol. The average Bonchev–Trinajstić information content (AvgIpc) is 2.26. The highest BCUT2D eigenvalue weighted by atomic mass is 32.2. The second-order valence-electron chi connectivity index (χ2n) is 4.51. The van der Waals surface area contributed by atoms with Gasteiger partial charge in [0.2, 0.25) is 10.0 Å². The lowest BCUT2D eigenvalue weighted by atomic mass is 9.93. The Bertz CT molecular complexity index is 325. The fourth-order valence-corrected chi connectivity index (χ4v) is 3.57. The van der Waals surface area contributed by atoms with Crippen LogP contribution in [0.4, 0.5) is 0 Å². The van der Waals surface area contributed by atoms with Gasteiger partial charge in [-0.1, -0.05) is 6.08 Å². The van der Waals surface area contributed by atoms with E-state index in [4.69, 9.17) is 5.73 Å². The predicted octanol–water partition coefficient (Wildman–Crippen LogP) is 0.951. The maximum atomic E-state index is 11.9. The van der Waals surface area contributed by atoms with Crippen molar-refractivity contribution in [1.82, 2.24) is 4.31 Å². The first-order chi connectivity index (χ1) is 7.47. The average molecular weight is 246 g/mol. The highest BCUT2D eigenvalue weighted by Crippen LogP contribution is 2.21. The smallest absolute Gasteiger partial charge is 0.214 e. The van der Waals surface area contributed by atoms with Crippen LogP contribution in [-0.4, -0.2) is 37.6 Å². The number of nitrogens with two attached hydrogens (primary N) is 1. The zero-order chi connectivity index (χ0) is 12.2. The van der Waals surface area contributed by atoms with Crippen LogP contribution in [0.3, 0.4) is 0 Å². The molecule has 1 heterocycles. The molecular formula is C11H22N2O2S. The largest absolute Gasteiger partial charge is 0.328 e. The van der Waals surface area contributed by atoms with E-state index in [1.807, 2.05) is 6.92 Å². The van der Waals surface area contributed by atoms with Gasteiger partial charge in [0.05, 0.1) is 5.75 Å². The molecule has 2 N–H and O–H groups in total. The number of sulfonamides is 1. The van der Waals surface area contributed by atoms with E-state index in [0.29, 0.717) is 25.4 Å². The standard InChI is InChI=1S/C11H22N2O2S/c1-3-4-8-16(14,15)13-7-5-6-11(9-13)10(2)12/h3,10-11H,1,4-9,12H2,2H3/t10-,11-/m0/s1. The number of piperidine rings is 1. The summed E-state index contributed by atoms with van der Waals surface area (Å²) in [6, 6.07) is 0.0670. The molecule has 0 spiro atoms. The summed E-state index contributed by atoms with van der Waals surface area (Å²) < 4.78 is 25.5. The van der Waals surface area contributed by atoms with Gasteiger partial charge in [0.15, 0.2) is 0 Å². The zero-order valence-corrected chi connectivity index (χ0v) is 10.7. The number of nitrogens with zero attached hydrogens (tertiary/aromatic N) is 1. The first-order valence-corrected chi connectivity index (χ1v) is 7.42. The van der Waals surface area contributed by atoms with E-state index in [-0.39, 0.29) is 11.8 Å². The molecule has 1 aliphatic heterocycles. The number of hydrogen-bond acceptors (Lipinski definition) is 3. The van der Waals surface area contributed by atoms with Gasteiger partial charge >= 0.3 is 0 Å². The Kier molecular flexibility index (Phi) is 4.95. The summed E-state index contributed by atoms with van der Waals surface area (Å²) >= 11 is 0.